The molecule has 1 heterocycles. The van der Waals surface area contributed by atoms with Gasteiger partial charge >= 0.3 is 5.97 Å². The molecule has 0 amide bonds. The summed E-state index contributed by atoms with van der Waals surface area (Å²) in [5, 5.41) is 4.28. The van der Waals surface area contributed by atoms with Crippen molar-refractivity contribution in [2.75, 3.05) is 6.61 Å². The van der Waals surface area contributed by atoms with Gasteiger partial charge in [-0.05, 0) is 43.7 Å². The second-order valence-electron chi connectivity index (χ2n) is 4.70. The van der Waals surface area contributed by atoms with Crippen molar-refractivity contribution in [3.05, 3.63) is 59.2 Å². The lowest BCUT2D eigenvalue weighted by Crippen LogP contribution is -2.11. The summed E-state index contributed by atoms with van der Waals surface area (Å²) in [5.41, 5.74) is 2.72. The van der Waals surface area contributed by atoms with E-state index < -0.39 is 5.97 Å². The standard InChI is InChI=1S/C16H17FN2O2/c1-12-11-13(2)19(18-12)9-10-21-16(20)8-5-14-3-6-15(17)7-4-14/h3-8,11H,9-10H2,1-2H3/b8-5+. The van der Waals surface area contributed by atoms with Crippen molar-refractivity contribution in [1.82, 2.24) is 9.78 Å². The molecule has 2 aromatic rings. The lowest BCUT2D eigenvalue weighted by molar-refractivity contribution is -0.138. The maximum atomic E-state index is 12.7. The maximum absolute atomic E-state index is 12.7. The molecule has 2 rings (SSSR count). The summed E-state index contributed by atoms with van der Waals surface area (Å²) >= 11 is 0. The summed E-state index contributed by atoms with van der Waals surface area (Å²) in [5.74, 6) is -0.736. The van der Waals surface area contributed by atoms with Gasteiger partial charge in [-0.3, -0.25) is 4.68 Å². The van der Waals surface area contributed by atoms with Gasteiger partial charge in [0.15, 0.2) is 0 Å². The average Bonchev–Trinajstić information content (AvgIpc) is 2.76. The van der Waals surface area contributed by atoms with Crippen molar-refractivity contribution in [3.8, 4) is 0 Å². The molecule has 4 nitrogen and oxygen atoms in total. The second-order valence-corrected chi connectivity index (χ2v) is 4.70. The predicted octanol–water partition coefficient (Wildman–Crippen LogP) is 2.90. The molecule has 0 spiro atoms. The first-order valence-electron chi connectivity index (χ1n) is 6.66. The third-order valence-electron chi connectivity index (χ3n) is 2.93. The fourth-order valence-corrected chi connectivity index (χ4v) is 1.92. The lowest BCUT2D eigenvalue weighted by atomic mass is 10.2. The second kappa shape index (κ2) is 6.83. The number of benzene rings is 1. The highest BCUT2D eigenvalue weighted by molar-refractivity contribution is 5.86. The number of aryl methyl sites for hydroxylation is 2. The van der Waals surface area contributed by atoms with Crippen LogP contribution in [0.3, 0.4) is 0 Å². The Morgan fingerprint density at radius 2 is 2.05 bits per heavy atom. The van der Waals surface area contributed by atoms with Crippen molar-refractivity contribution < 1.29 is 13.9 Å². The number of carbonyl (C=O) groups excluding carboxylic acids is 1. The zero-order valence-corrected chi connectivity index (χ0v) is 12.0. The molecule has 0 aliphatic heterocycles. The van der Waals surface area contributed by atoms with Crippen LogP contribution in [0.1, 0.15) is 17.0 Å². The first kappa shape index (κ1) is 15.0. The zero-order valence-electron chi connectivity index (χ0n) is 12.0. The summed E-state index contributed by atoms with van der Waals surface area (Å²) in [4.78, 5) is 11.6. The van der Waals surface area contributed by atoms with Crippen LogP contribution in [0, 0.1) is 19.7 Å². The quantitative estimate of drug-likeness (QED) is 0.627. The van der Waals surface area contributed by atoms with Gasteiger partial charge in [0, 0.05) is 11.8 Å². The molecular formula is C16H17FN2O2. The minimum absolute atomic E-state index is 0.258. The van der Waals surface area contributed by atoms with Gasteiger partial charge in [-0.25, -0.2) is 9.18 Å². The van der Waals surface area contributed by atoms with E-state index in [2.05, 4.69) is 5.10 Å². The largest absolute Gasteiger partial charge is 0.461 e. The van der Waals surface area contributed by atoms with E-state index in [1.165, 1.54) is 18.2 Å². The first-order valence-corrected chi connectivity index (χ1v) is 6.66. The molecule has 0 bridgehead atoms. The molecule has 0 aliphatic carbocycles. The van der Waals surface area contributed by atoms with Gasteiger partial charge in [-0.1, -0.05) is 12.1 Å². The third kappa shape index (κ3) is 4.56. The van der Waals surface area contributed by atoms with Gasteiger partial charge in [0.1, 0.15) is 12.4 Å². The molecule has 21 heavy (non-hydrogen) atoms. The van der Waals surface area contributed by atoms with E-state index in [1.54, 1.807) is 22.9 Å². The molecule has 0 saturated carbocycles. The van der Waals surface area contributed by atoms with E-state index in [0.717, 1.165) is 17.0 Å². The smallest absolute Gasteiger partial charge is 0.330 e. The highest BCUT2D eigenvalue weighted by atomic mass is 19.1. The Labute approximate surface area is 122 Å². The van der Waals surface area contributed by atoms with Crippen molar-refractivity contribution >= 4 is 12.0 Å². The Morgan fingerprint density at radius 3 is 2.67 bits per heavy atom. The molecule has 0 atom stereocenters. The van der Waals surface area contributed by atoms with Crippen molar-refractivity contribution in [2.45, 2.75) is 20.4 Å². The topological polar surface area (TPSA) is 44.1 Å². The number of ether oxygens (including phenoxy) is 1. The molecule has 0 N–H and O–H groups in total. The van der Waals surface area contributed by atoms with Gasteiger partial charge < -0.3 is 4.74 Å². The summed E-state index contributed by atoms with van der Waals surface area (Å²) < 4.78 is 19.6. The van der Waals surface area contributed by atoms with Crippen LogP contribution in [0.15, 0.2) is 36.4 Å². The van der Waals surface area contributed by atoms with Crippen LogP contribution in [0.25, 0.3) is 6.08 Å². The van der Waals surface area contributed by atoms with Crippen LogP contribution in [0.5, 0.6) is 0 Å². The van der Waals surface area contributed by atoms with Gasteiger partial charge in [0.25, 0.3) is 0 Å². The van der Waals surface area contributed by atoms with E-state index in [0.29, 0.717) is 6.54 Å². The summed E-state index contributed by atoms with van der Waals surface area (Å²) in [6.07, 6.45) is 2.92. The van der Waals surface area contributed by atoms with Crippen molar-refractivity contribution in [3.63, 3.8) is 0 Å². The molecule has 110 valence electrons. The Hall–Kier alpha value is -2.43. The van der Waals surface area contributed by atoms with Gasteiger partial charge in [0.05, 0.1) is 12.2 Å². The predicted molar refractivity (Wildman–Crippen MR) is 78.1 cm³/mol. The van der Waals surface area contributed by atoms with E-state index >= 15 is 0 Å². The molecule has 0 aliphatic rings. The van der Waals surface area contributed by atoms with E-state index in [4.69, 9.17) is 4.74 Å². The van der Waals surface area contributed by atoms with Crippen LogP contribution < -0.4 is 0 Å². The fraction of sp³-hybridized carbons (Fsp3) is 0.250. The Morgan fingerprint density at radius 1 is 1.33 bits per heavy atom. The number of halogens is 1. The number of rotatable bonds is 5. The molecule has 5 heteroatoms. The SMILES string of the molecule is Cc1cc(C)n(CCOC(=O)/C=C/c2ccc(F)cc2)n1. The van der Waals surface area contributed by atoms with Crippen LogP contribution >= 0.6 is 0 Å². The maximum Gasteiger partial charge on any atom is 0.330 e. The number of hydrogen-bond donors (Lipinski definition) is 0. The van der Waals surface area contributed by atoms with Gasteiger partial charge in [-0.2, -0.15) is 5.10 Å². The van der Waals surface area contributed by atoms with E-state index in [1.807, 2.05) is 19.9 Å². The van der Waals surface area contributed by atoms with Crippen LogP contribution in [-0.4, -0.2) is 22.4 Å². The van der Waals surface area contributed by atoms with E-state index in [-0.39, 0.29) is 12.4 Å². The summed E-state index contributed by atoms with van der Waals surface area (Å²) in [6.45, 7) is 4.65. The number of aromatic nitrogens is 2. The highest BCUT2D eigenvalue weighted by Crippen LogP contribution is 2.05. The average molecular weight is 288 g/mol. The van der Waals surface area contributed by atoms with Gasteiger partial charge in [0.2, 0.25) is 0 Å². The zero-order chi connectivity index (χ0) is 15.2. The first-order chi connectivity index (χ1) is 10.0. The molecule has 0 saturated heterocycles. The van der Waals surface area contributed by atoms with Gasteiger partial charge in [-0.15, -0.1) is 0 Å². The number of nitrogens with zero attached hydrogens (tertiary/aromatic N) is 2. The van der Waals surface area contributed by atoms with Crippen molar-refractivity contribution in [2.24, 2.45) is 0 Å². The van der Waals surface area contributed by atoms with Crippen molar-refractivity contribution in [1.29, 1.82) is 0 Å². The van der Waals surface area contributed by atoms with E-state index in [9.17, 15) is 9.18 Å². The minimum atomic E-state index is -0.430. The van der Waals surface area contributed by atoms with Crippen LogP contribution in [0.4, 0.5) is 4.39 Å². The summed E-state index contributed by atoms with van der Waals surface area (Å²) in [7, 11) is 0. The Balaban J connectivity index is 1.79. The molecular weight excluding hydrogens is 271 g/mol. The Kier molecular flexibility index (Phi) is 4.87. The molecule has 0 radical (unpaired) electrons. The number of esters is 1. The number of carbonyl (C=O) groups is 1. The Bertz CT molecular complexity index is 645. The lowest BCUT2D eigenvalue weighted by Gasteiger charge is -2.04. The van der Waals surface area contributed by atoms with Crippen LogP contribution in [0.2, 0.25) is 0 Å². The monoisotopic (exact) mass is 288 g/mol. The minimum Gasteiger partial charge on any atom is -0.461 e. The normalized spacial score (nSPS) is 11.0. The number of hydrogen-bond acceptors (Lipinski definition) is 3. The van der Waals surface area contributed by atoms with Crippen LogP contribution in [-0.2, 0) is 16.1 Å². The molecule has 1 aromatic heterocycles. The fourth-order valence-electron chi connectivity index (χ4n) is 1.92. The highest BCUT2D eigenvalue weighted by Gasteiger charge is 2.02. The molecule has 0 unspecified atom stereocenters. The molecule has 1 aromatic carbocycles. The summed E-state index contributed by atoms with van der Waals surface area (Å²) in [6, 6.07) is 7.84. The third-order valence-corrected chi connectivity index (χ3v) is 2.93. The molecule has 0 fully saturated rings.